The number of aliphatic hydroxyl groups is 1. The molecule has 1 aliphatic carbocycles. The highest BCUT2D eigenvalue weighted by atomic mass is 16.3. The molecule has 2 N–H and O–H groups in total. The zero-order valence-electron chi connectivity index (χ0n) is 12.7. The smallest absolute Gasteiger partial charge is 0.316 e. The summed E-state index contributed by atoms with van der Waals surface area (Å²) in [6, 6.07) is 0. The van der Waals surface area contributed by atoms with Gasteiger partial charge in [-0.2, -0.15) is 4.98 Å². The van der Waals surface area contributed by atoms with Crippen molar-refractivity contribution in [1.29, 1.82) is 0 Å². The molecule has 0 saturated heterocycles. The maximum Gasteiger partial charge on any atom is 0.316 e. The fourth-order valence-corrected chi connectivity index (χ4v) is 3.42. The molecular weight excluding hydrogens is 286 g/mol. The molecule has 7 nitrogen and oxygen atoms in total. The number of amides is 1. The van der Waals surface area contributed by atoms with E-state index in [0.717, 1.165) is 32.1 Å². The molecule has 1 aliphatic heterocycles. The Bertz CT molecular complexity index is 649. The number of likely N-dealkylation sites (N-methyl/N-ethyl adjacent to an activating group) is 1. The molecule has 2 aliphatic rings. The molecule has 1 aromatic rings. The van der Waals surface area contributed by atoms with Gasteiger partial charge in [0.05, 0.1) is 0 Å². The number of fused-ring (bicyclic) bond motifs is 1. The number of aliphatic hydroxyl groups excluding tert-OH is 1. The first-order chi connectivity index (χ1) is 10.5. The maximum atomic E-state index is 12.2. The van der Waals surface area contributed by atoms with Crippen LogP contribution in [0.4, 0.5) is 0 Å². The maximum absolute atomic E-state index is 12.2. The zero-order chi connectivity index (χ0) is 15.9. The van der Waals surface area contributed by atoms with Gasteiger partial charge in [-0.15, -0.1) is 0 Å². The third-order valence-corrected chi connectivity index (χ3v) is 4.76. The van der Waals surface area contributed by atoms with Crippen LogP contribution in [0.3, 0.4) is 0 Å². The fraction of sp³-hybridized carbons (Fsp3) is 0.667. The van der Waals surface area contributed by atoms with E-state index < -0.39 is 23.3 Å². The quantitative estimate of drug-likeness (QED) is 0.836. The molecule has 1 saturated carbocycles. The Morgan fingerprint density at radius 1 is 1.18 bits per heavy atom. The molecule has 120 valence electrons. The number of hydrogen-bond acceptors (Lipinski definition) is 5. The molecular formula is C15H21N3O4. The van der Waals surface area contributed by atoms with Crippen LogP contribution in [0.15, 0.2) is 4.79 Å². The summed E-state index contributed by atoms with van der Waals surface area (Å²) < 4.78 is 1.51. The van der Waals surface area contributed by atoms with Gasteiger partial charge in [-0.05, 0) is 18.8 Å². The Labute approximate surface area is 128 Å². The van der Waals surface area contributed by atoms with Crippen molar-refractivity contribution in [2.75, 3.05) is 13.6 Å². The summed E-state index contributed by atoms with van der Waals surface area (Å²) in [6.45, 7) is 0.873. The summed E-state index contributed by atoms with van der Waals surface area (Å²) in [7, 11) is 1.62. The largest absolute Gasteiger partial charge is 0.501 e. The van der Waals surface area contributed by atoms with Crippen LogP contribution in [-0.2, 0) is 6.54 Å². The molecule has 1 aromatic heterocycles. The summed E-state index contributed by atoms with van der Waals surface area (Å²) in [6.07, 6.45) is 4.18. The van der Waals surface area contributed by atoms with Gasteiger partial charge >= 0.3 is 5.56 Å². The van der Waals surface area contributed by atoms with Gasteiger partial charge in [-0.1, -0.05) is 19.3 Å². The summed E-state index contributed by atoms with van der Waals surface area (Å²) in [4.78, 5) is 29.4. The van der Waals surface area contributed by atoms with E-state index in [1.165, 1.54) is 9.47 Å². The molecule has 7 heteroatoms. The topological polar surface area (TPSA) is 95.7 Å². The van der Waals surface area contributed by atoms with Gasteiger partial charge in [0.1, 0.15) is 11.9 Å². The Morgan fingerprint density at radius 2 is 1.86 bits per heavy atom. The van der Waals surface area contributed by atoms with E-state index in [0.29, 0.717) is 13.1 Å². The van der Waals surface area contributed by atoms with Crippen molar-refractivity contribution in [3.63, 3.8) is 0 Å². The second-order valence-corrected chi connectivity index (χ2v) is 6.19. The second kappa shape index (κ2) is 5.72. The molecule has 2 heterocycles. The number of carbonyl (C=O) groups is 1. The van der Waals surface area contributed by atoms with Gasteiger partial charge in [0, 0.05) is 20.1 Å². The first-order valence-corrected chi connectivity index (χ1v) is 7.78. The third-order valence-electron chi connectivity index (χ3n) is 4.76. The first-order valence-electron chi connectivity index (χ1n) is 7.78. The fourth-order valence-electron chi connectivity index (χ4n) is 3.42. The van der Waals surface area contributed by atoms with Crippen LogP contribution in [-0.4, -0.2) is 44.2 Å². The molecule has 0 aromatic carbocycles. The van der Waals surface area contributed by atoms with E-state index in [9.17, 15) is 19.8 Å². The highest BCUT2D eigenvalue weighted by Crippen LogP contribution is 2.34. The normalized spacial score (nSPS) is 20.8. The molecule has 0 bridgehead atoms. The van der Waals surface area contributed by atoms with E-state index >= 15 is 0 Å². The number of aromatic nitrogens is 2. The van der Waals surface area contributed by atoms with Crippen LogP contribution in [0.25, 0.3) is 0 Å². The van der Waals surface area contributed by atoms with Crippen molar-refractivity contribution in [1.82, 2.24) is 14.5 Å². The Hall–Kier alpha value is -1.89. The summed E-state index contributed by atoms with van der Waals surface area (Å²) in [5, 5.41) is 20.6. The minimum Gasteiger partial charge on any atom is -0.501 e. The first kappa shape index (κ1) is 15.0. The Kier molecular flexibility index (Phi) is 3.90. The van der Waals surface area contributed by atoms with Gasteiger partial charge in [-0.25, -0.2) is 0 Å². The molecule has 22 heavy (non-hydrogen) atoms. The predicted octanol–water partition coefficient (Wildman–Crippen LogP) is 0.648. The van der Waals surface area contributed by atoms with E-state index in [-0.39, 0.29) is 17.4 Å². The average Bonchev–Trinajstić information content (AvgIpc) is 2.54. The van der Waals surface area contributed by atoms with Gasteiger partial charge in [-0.3, -0.25) is 9.59 Å². The van der Waals surface area contributed by atoms with Crippen LogP contribution in [0.5, 0.6) is 5.75 Å². The monoisotopic (exact) mass is 307 g/mol. The van der Waals surface area contributed by atoms with Crippen molar-refractivity contribution in [2.45, 2.75) is 44.8 Å². The van der Waals surface area contributed by atoms with Crippen LogP contribution in [0, 0.1) is 5.92 Å². The molecule has 0 radical (unpaired) electrons. The molecule has 1 unspecified atom stereocenters. The van der Waals surface area contributed by atoms with Crippen LogP contribution in [0.2, 0.25) is 0 Å². The van der Waals surface area contributed by atoms with Crippen LogP contribution < -0.4 is 5.56 Å². The second-order valence-electron chi connectivity index (χ2n) is 6.19. The molecule has 0 spiro atoms. The SMILES string of the molecule is CN1CCn2c(C(O)C3CCCCC3)nc(=O)c(O)c2C1=O. The Morgan fingerprint density at radius 3 is 2.55 bits per heavy atom. The lowest BCUT2D eigenvalue weighted by molar-refractivity contribution is 0.0632. The van der Waals surface area contributed by atoms with E-state index in [4.69, 9.17) is 0 Å². The number of nitrogens with zero attached hydrogens (tertiary/aromatic N) is 3. The molecule has 3 rings (SSSR count). The summed E-state index contributed by atoms with van der Waals surface area (Å²) in [5.41, 5.74) is -0.904. The van der Waals surface area contributed by atoms with Crippen molar-refractivity contribution in [2.24, 2.45) is 5.92 Å². The summed E-state index contributed by atoms with van der Waals surface area (Å²) >= 11 is 0. The third kappa shape index (κ3) is 2.39. The van der Waals surface area contributed by atoms with Gasteiger partial charge in [0.2, 0.25) is 5.75 Å². The number of hydrogen-bond donors (Lipinski definition) is 2. The van der Waals surface area contributed by atoms with Crippen LogP contribution >= 0.6 is 0 Å². The van der Waals surface area contributed by atoms with E-state index in [1.807, 2.05) is 0 Å². The molecule has 1 fully saturated rings. The lowest BCUT2D eigenvalue weighted by Gasteiger charge is -2.32. The van der Waals surface area contributed by atoms with Gasteiger partial charge in [0.15, 0.2) is 5.69 Å². The van der Waals surface area contributed by atoms with Gasteiger partial charge in [0.25, 0.3) is 5.91 Å². The predicted molar refractivity (Wildman–Crippen MR) is 78.7 cm³/mol. The van der Waals surface area contributed by atoms with Crippen molar-refractivity contribution in [3.8, 4) is 5.75 Å². The number of aromatic hydroxyl groups is 1. The Balaban J connectivity index is 2.07. The van der Waals surface area contributed by atoms with Crippen molar-refractivity contribution >= 4 is 5.91 Å². The number of carbonyl (C=O) groups excluding carboxylic acids is 1. The van der Waals surface area contributed by atoms with Crippen molar-refractivity contribution < 1.29 is 15.0 Å². The van der Waals surface area contributed by atoms with Gasteiger partial charge < -0.3 is 19.7 Å². The molecule has 1 atom stereocenters. The van der Waals surface area contributed by atoms with Crippen molar-refractivity contribution in [3.05, 3.63) is 21.9 Å². The average molecular weight is 307 g/mol. The highest BCUT2D eigenvalue weighted by Gasteiger charge is 2.33. The number of rotatable bonds is 2. The lowest BCUT2D eigenvalue weighted by atomic mass is 9.85. The lowest BCUT2D eigenvalue weighted by Crippen LogP contribution is -2.41. The standard InChI is InChI=1S/C15H21N3O4/c1-17-7-8-18-10(15(17)22)12(20)14(21)16-13(18)11(19)9-5-3-2-4-6-9/h9,11,19-20H,2-8H2,1H3. The van der Waals surface area contributed by atoms with E-state index in [1.54, 1.807) is 7.05 Å². The highest BCUT2D eigenvalue weighted by molar-refractivity contribution is 5.95. The molecule has 1 amide bonds. The zero-order valence-corrected chi connectivity index (χ0v) is 12.7. The minimum atomic E-state index is -0.872. The summed E-state index contributed by atoms with van der Waals surface area (Å²) in [5.74, 6) is -0.779. The van der Waals surface area contributed by atoms with E-state index in [2.05, 4.69) is 4.98 Å². The van der Waals surface area contributed by atoms with Crippen LogP contribution in [0.1, 0.15) is 54.5 Å². The minimum absolute atomic E-state index is 0.0524.